The molecule has 19 heavy (non-hydrogen) atoms. The third kappa shape index (κ3) is 4.55. The fourth-order valence-corrected chi connectivity index (χ4v) is 2.54. The first-order valence-electron chi connectivity index (χ1n) is 6.41. The normalized spacial score (nSPS) is 17.5. The number of hydrogen-bond donors (Lipinski definition) is 1. The van der Waals surface area contributed by atoms with Crippen molar-refractivity contribution in [3.8, 4) is 0 Å². The van der Waals surface area contributed by atoms with Crippen LogP contribution in [0.2, 0.25) is 5.02 Å². The number of benzene rings is 1. The van der Waals surface area contributed by atoms with E-state index in [2.05, 4.69) is 29.4 Å². The van der Waals surface area contributed by atoms with Crippen molar-refractivity contribution in [1.82, 2.24) is 5.43 Å². The van der Waals surface area contributed by atoms with Crippen LogP contribution in [-0.4, -0.2) is 23.2 Å². The fourth-order valence-electron chi connectivity index (χ4n) is 1.61. The second kappa shape index (κ2) is 6.96. The lowest BCUT2D eigenvalue weighted by Crippen LogP contribution is -2.25. The van der Waals surface area contributed by atoms with Crippen molar-refractivity contribution in [2.24, 2.45) is 16.0 Å². The summed E-state index contributed by atoms with van der Waals surface area (Å²) in [7, 11) is 0. The molecule has 1 N–H and O–H groups in total. The molecule has 1 aromatic carbocycles. The SMILES string of the molecule is CC(C)CCN=C1NN=C(c2ccc(Cl)cc2)CS1. The van der Waals surface area contributed by atoms with E-state index in [-0.39, 0.29) is 0 Å². The fraction of sp³-hybridized carbons (Fsp3) is 0.429. The molecule has 0 saturated carbocycles. The van der Waals surface area contributed by atoms with Crippen LogP contribution in [0, 0.1) is 5.92 Å². The summed E-state index contributed by atoms with van der Waals surface area (Å²) in [6.07, 6.45) is 1.11. The van der Waals surface area contributed by atoms with Gasteiger partial charge < -0.3 is 0 Å². The van der Waals surface area contributed by atoms with Gasteiger partial charge in [-0.05, 0) is 30.0 Å². The van der Waals surface area contributed by atoms with Crippen LogP contribution in [0.25, 0.3) is 0 Å². The van der Waals surface area contributed by atoms with Crippen molar-refractivity contribution in [2.45, 2.75) is 20.3 Å². The number of thioether (sulfide) groups is 1. The molecule has 1 aromatic rings. The third-order valence-corrected chi connectivity index (χ3v) is 3.93. The monoisotopic (exact) mass is 295 g/mol. The largest absolute Gasteiger partial charge is 0.261 e. The minimum absolute atomic E-state index is 0.686. The molecule has 0 amide bonds. The van der Waals surface area contributed by atoms with E-state index < -0.39 is 0 Å². The number of amidine groups is 1. The van der Waals surface area contributed by atoms with Crippen molar-refractivity contribution in [3.05, 3.63) is 34.9 Å². The molecule has 5 heteroatoms. The molecule has 0 bridgehead atoms. The van der Waals surface area contributed by atoms with Gasteiger partial charge in [0.25, 0.3) is 0 Å². The number of hydrogen-bond acceptors (Lipinski definition) is 3. The number of nitrogens with zero attached hydrogens (tertiary/aromatic N) is 2. The first kappa shape index (κ1) is 14.4. The summed E-state index contributed by atoms with van der Waals surface area (Å²) in [4.78, 5) is 4.51. The Bertz CT molecular complexity index is 480. The Labute approximate surface area is 123 Å². The van der Waals surface area contributed by atoms with Crippen molar-refractivity contribution in [3.63, 3.8) is 0 Å². The predicted octanol–water partition coefficient (Wildman–Crippen LogP) is 3.78. The predicted molar refractivity (Wildman–Crippen MR) is 85.3 cm³/mol. The zero-order valence-electron chi connectivity index (χ0n) is 11.2. The van der Waals surface area contributed by atoms with Crippen LogP contribution >= 0.6 is 23.4 Å². The van der Waals surface area contributed by atoms with Gasteiger partial charge >= 0.3 is 0 Å². The van der Waals surface area contributed by atoms with Gasteiger partial charge in [0.1, 0.15) is 0 Å². The maximum absolute atomic E-state index is 5.88. The molecule has 0 aliphatic carbocycles. The Morgan fingerprint density at radius 3 is 2.68 bits per heavy atom. The van der Waals surface area contributed by atoms with Gasteiger partial charge in [-0.3, -0.25) is 10.4 Å². The van der Waals surface area contributed by atoms with E-state index in [1.54, 1.807) is 11.8 Å². The number of nitrogens with one attached hydrogen (secondary N) is 1. The molecule has 0 saturated heterocycles. The van der Waals surface area contributed by atoms with Crippen molar-refractivity contribution in [1.29, 1.82) is 0 Å². The van der Waals surface area contributed by atoms with Gasteiger partial charge in [-0.2, -0.15) is 5.10 Å². The van der Waals surface area contributed by atoms with Gasteiger partial charge in [-0.25, -0.2) is 0 Å². The quantitative estimate of drug-likeness (QED) is 0.918. The summed E-state index contributed by atoms with van der Waals surface area (Å²) in [6.45, 7) is 5.27. The van der Waals surface area contributed by atoms with Crippen molar-refractivity contribution in [2.75, 3.05) is 12.3 Å². The number of aliphatic imine (C=N–C) groups is 1. The zero-order valence-corrected chi connectivity index (χ0v) is 12.8. The molecule has 102 valence electrons. The lowest BCUT2D eigenvalue weighted by atomic mass is 10.1. The van der Waals surface area contributed by atoms with Crippen LogP contribution in [0.1, 0.15) is 25.8 Å². The van der Waals surface area contributed by atoms with Crippen molar-refractivity contribution < 1.29 is 0 Å². The van der Waals surface area contributed by atoms with Gasteiger partial charge in [-0.15, -0.1) is 0 Å². The molecule has 1 aliphatic heterocycles. The standard InChI is InChI=1S/C14H18ClN3S/c1-10(2)7-8-16-14-18-17-13(9-19-14)11-3-5-12(15)6-4-11/h3-6,10H,7-9H2,1-2H3,(H,16,18). The summed E-state index contributed by atoms with van der Waals surface area (Å²) in [5, 5.41) is 6.04. The number of rotatable bonds is 4. The van der Waals surface area contributed by atoms with Gasteiger partial charge in [0.05, 0.1) is 5.71 Å². The summed E-state index contributed by atoms with van der Waals surface area (Å²) >= 11 is 7.57. The van der Waals surface area contributed by atoms with Gasteiger partial charge in [0, 0.05) is 17.3 Å². The van der Waals surface area contributed by atoms with E-state index >= 15 is 0 Å². The Kier molecular flexibility index (Phi) is 5.28. The highest BCUT2D eigenvalue weighted by Gasteiger charge is 2.12. The first-order valence-corrected chi connectivity index (χ1v) is 7.77. The second-order valence-corrected chi connectivity index (χ2v) is 6.24. The van der Waals surface area contributed by atoms with Crippen LogP contribution < -0.4 is 5.43 Å². The minimum Gasteiger partial charge on any atom is -0.261 e. The molecular weight excluding hydrogens is 278 g/mol. The zero-order chi connectivity index (χ0) is 13.7. The molecule has 0 radical (unpaired) electrons. The molecule has 0 spiro atoms. The highest BCUT2D eigenvalue weighted by Crippen LogP contribution is 2.16. The third-order valence-electron chi connectivity index (χ3n) is 2.77. The molecule has 0 aromatic heterocycles. The smallest absolute Gasteiger partial charge is 0.177 e. The second-order valence-electron chi connectivity index (χ2n) is 4.84. The molecule has 3 nitrogen and oxygen atoms in total. The minimum atomic E-state index is 0.686. The Balaban J connectivity index is 1.94. The highest BCUT2D eigenvalue weighted by atomic mass is 35.5. The molecule has 0 fully saturated rings. The summed E-state index contributed by atoms with van der Waals surface area (Å²) in [5.74, 6) is 1.53. The van der Waals surface area contributed by atoms with E-state index in [1.165, 1.54) is 0 Å². The lowest BCUT2D eigenvalue weighted by molar-refractivity contribution is 0.596. The van der Waals surface area contributed by atoms with Gasteiger partial charge in [0.2, 0.25) is 0 Å². The number of halogens is 1. The van der Waals surface area contributed by atoms with Crippen LogP contribution in [-0.2, 0) is 0 Å². The van der Waals surface area contributed by atoms with E-state index in [4.69, 9.17) is 11.6 Å². The topological polar surface area (TPSA) is 36.8 Å². The van der Waals surface area contributed by atoms with E-state index in [1.807, 2.05) is 24.3 Å². The van der Waals surface area contributed by atoms with Crippen LogP contribution in [0.3, 0.4) is 0 Å². The van der Waals surface area contributed by atoms with Crippen LogP contribution in [0.15, 0.2) is 34.4 Å². The van der Waals surface area contributed by atoms with Crippen LogP contribution in [0.4, 0.5) is 0 Å². The summed E-state index contributed by atoms with van der Waals surface area (Å²) in [5.41, 5.74) is 5.16. The van der Waals surface area contributed by atoms with Crippen LogP contribution in [0.5, 0.6) is 0 Å². The van der Waals surface area contributed by atoms with E-state index in [9.17, 15) is 0 Å². The average molecular weight is 296 g/mol. The molecule has 1 heterocycles. The molecule has 2 rings (SSSR count). The lowest BCUT2D eigenvalue weighted by Gasteiger charge is -2.15. The van der Waals surface area contributed by atoms with Crippen molar-refractivity contribution >= 4 is 34.2 Å². The Hall–Kier alpha value is -1.000. The summed E-state index contributed by atoms with van der Waals surface area (Å²) < 4.78 is 0. The molecular formula is C14H18ClN3S. The molecule has 1 aliphatic rings. The highest BCUT2D eigenvalue weighted by molar-refractivity contribution is 8.14. The van der Waals surface area contributed by atoms with E-state index in [0.717, 1.165) is 40.2 Å². The molecule has 0 unspecified atom stereocenters. The molecule has 0 atom stereocenters. The maximum Gasteiger partial charge on any atom is 0.177 e. The van der Waals surface area contributed by atoms with Gasteiger partial charge in [0.15, 0.2) is 5.17 Å². The van der Waals surface area contributed by atoms with Gasteiger partial charge in [-0.1, -0.05) is 49.3 Å². The Morgan fingerprint density at radius 2 is 2.11 bits per heavy atom. The maximum atomic E-state index is 5.88. The summed E-state index contributed by atoms with van der Waals surface area (Å²) in [6, 6.07) is 7.75. The van der Waals surface area contributed by atoms with E-state index in [0.29, 0.717) is 5.92 Å². The average Bonchev–Trinajstić information content (AvgIpc) is 2.40. The Morgan fingerprint density at radius 1 is 1.37 bits per heavy atom. The first-order chi connectivity index (χ1) is 9.15. The number of hydrazone groups is 1.